The summed E-state index contributed by atoms with van der Waals surface area (Å²) < 4.78 is 14.3. The maximum absolute atomic E-state index is 13.6. The van der Waals surface area contributed by atoms with Crippen molar-refractivity contribution in [3.63, 3.8) is 0 Å². The van der Waals surface area contributed by atoms with Crippen molar-refractivity contribution in [1.29, 1.82) is 0 Å². The summed E-state index contributed by atoms with van der Waals surface area (Å²) in [7, 11) is 0. The minimum absolute atomic E-state index is 0.142. The molecule has 2 N–H and O–H groups in total. The second kappa shape index (κ2) is 5.09. The number of para-hydroxylation sites is 1. The van der Waals surface area contributed by atoms with Crippen LogP contribution in [0.5, 0.6) is 0 Å². The van der Waals surface area contributed by atoms with Crippen LogP contribution in [0.4, 0.5) is 10.1 Å². The zero-order chi connectivity index (χ0) is 14.1. The summed E-state index contributed by atoms with van der Waals surface area (Å²) in [4.78, 5) is 15.1. The van der Waals surface area contributed by atoms with Crippen LogP contribution in [0.15, 0.2) is 53.0 Å². The van der Waals surface area contributed by atoms with Crippen molar-refractivity contribution in [2.24, 2.45) is 0 Å². The van der Waals surface area contributed by atoms with E-state index in [-0.39, 0.29) is 11.6 Å². The Balaban J connectivity index is 1.90. The van der Waals surface area contributed by atoms with Crippen molar-refractivity contribution in [3.05, 3.63) is 64.5 Å². The highest BCUT2D eigenvalue weighted by atomic mass is 79.9. The standard InChI is InChI=1S/C15H10BrFN2O/c16-10-5-6-11(17)13(8-10)19-15(20)14-7-9-3-1-2-4-12(9)18-14/h1-8,18H,(H,19,20). The second-order valence-electron chi connectivity index (χ2n) is 4.35. The van der Waals surface area contributed by atoms with Gasteiger partial charge in [-0.25, -0.2) is 4.39 Å². The van der Waals surface area contributed by atoms with Crippen molar-refractivity contribution in [1.82, 2.24) is 4.98 Å². The molecule has 0 atom stereocenters. The van der Waals surface area contributed by atoms with Gasteiger partial charge in [0.2, 0.25) is 0 Å². The average molecular weight is 333 g/mol. The molecule has 0 saturated carbocycles. The Morgan fingerprint density at radius 2 is 1.95 bits per heavy atom. The molecule has 0 unspecified atom stereocenters. The number of fused-ring (bicyclic) bond motifs is 1. The molecule has 2 aromatic carbocycles. The van der Waals surface area contributed by atoms with Gasteiger partial charge in [0.1, 0.15) is 11.5 Å². The van der Waals surface area contributed by atoms with E-state index in [1.54, 1.807) is 12.1 Å². The van der Waals surface area contributed by atoms with E-state index < -0.39 is 5.82 Å². The predicted molar refractivity (Wildman–Crippen MR) is 80.4 cm³/mol. The predicted octanol–water partition coefficient (Wildman–Crippen LogP) is 4.32. The fourth-order valence-electron chi connectivity index (χ4n) is 1.98. The van der Waals surface area contributed by atoms with Gasteiger partial charge >= 0.3 is 0 Å². The molecule has 1 amide bonds. The largest absolute Gasteiger partial charge is 0.351 e. The summed E-state index contributed by atoms with van der Waals surface area (Å²) in [6.45, 7) is 0. The maximum atomic E-state index is 13.6. The van der Waals surface area contributed by atoms with Crippen LogP contribution in [0.3, 0.4) is 0 Å². The first-order valence-electron chi connectivity index (χ1n) is 5.97. The van der Waals surface area contributed by atoms with E-state index in [9.17, 15) is 9.18 Å². The summed E-state index contributed by atoms with van der Waals surface area (Å²) in [5.41, 5.74) is 1.40. The summed E-state index contributed by atoms with van der Waals surface area (Å²) in [6.07, 6.45) is 0. The summed E-state index contributed by atoms with van der Waals surface area (Å²) in [6, 6.07) is 13.7. The van der Waals surface area contributed by atoms with Crippen molar-refractivity contribution >= 4 is 38.4 Å². The molecule has 3 aromatic rings. The van der Waals surface area contributed by atoms with Gasteiger partial charge in [-0.3, -0.25) is 4.79 Å². The van der Waals surface area contributed by atoms with Crippen LogP contribution >= 0.6 is 15.9 Å². The van der Waals surface area contributed by atoms with Gasteiger partial charge < -0.3 is 10.3 Å². The minimum atomic E-state index is -0.474. The Hall–Kier alpha value is -2.14. The molecule has 1 aromatic heterocycles. The topological polar surface area (TPSA) is 44.9 Å². The van der Waals surface area contributed by atoms with Crippen LogP contribution in [0.1, 0.15) is 10.5 Å². The van der Waals surface area contributed by atoms with Crippen LogP contribution < -0.4 is 5.32 Å². The maximum Gasteiger partial charge on any atom is 0.272 e. The van der Waals surface area contributed by atoms with E-state index in [4.69, 9.17) is 0 Å². The molecule has 20 heavy (non-hydrogen) atoms. The summed E-state index contributed by atoms with van der Waals surface area (Å²) >= 11 is 3.24. The molecular weight excluding hydrogens is 323 g/mol. The van der Waals surface area contributed by atoms with E-state index in [2.05, 4.69) is 26.2 Å². The van der Waals surface area contributed by atoms with Crippen LogP contribution in [0.25, 0.3) is 10.9 Å². The number of hydrogen-bond acceptors (Lipinski definition) is 1. The normalized spacial score (nSPS) is 10.7. The monoisotopic (exact) mass is 332 g/mol. The molecule has 0 aliphatic carbocycles. The fourth-order valence-corrected chi connectivity index (χ4v) is 2.34. The van der Waals surface area contributed by atoms with Gasteiger partial charge in [0.05, 0.1) is 5.69 Å². The van der Waals surface area contributed by atoms with Crippen LogP contribution in [-0.2, 0) is 0 Å². The zero-order valence-corrected chi connectivity index (χ0v) is 11.9. The molecule has 0 aliphatic heterocycles. The first kappa shape index (κ1) is 12.9. The number of hydrogen-bond donors (Lipinski definition) is 2. The third kappa shape index (κ3) is 2.44. The van der Waals surface area contributed by atoms with E-state index in [0.717, 1.165) is 10.9 Å². The number of anilines is 1. The number of benzene rings is 2. The molecule has 100 valence electrons. The lowest BCUT2D eigenvalue weighted by Crippen LogP contribution is -2.13. The first-order chi connectivity index (χ1) is 9.63. The number of nitrogens with one attached hydrogen (secondary N) is 2. The van der Waals surface area contributed by atoms with Crippen LogP contribution in [0.2, 0.25) is 0 Å². The smallest absolute Gasteiger partial charge is 0.272 e. The molecule has 0 bridgehead atoms. The highest BCUT2D eigenvalue weighted by molar-refractivity contribution is 9.10. The minimum Gasteiger partial charge on any atom is -0.351 e. The molecule has 0 saturated heterocycles. The van der Waals surface area contributed by atoms with Gasteiger partial charge in [-0.05, 0) is 30.3 Å². The number of amides is 1. The third-order valence-corrected chi connectivity index (χ3v) is 3.44. The average Bonchev–Trinajstić information content (AvgIpc) is 2.87. The zero-order valence-electron chi connectivity index (χ0n) is 10.3. The highest BCUT2D eigenvalue weighted by Gasteiger charge is 2.12. The molecule has 3 rings (SSSR count). The van der Waals surface area contributed by atoms with E-state index >= 15 is 0 Å². The molecular formula is C15H10BrFN2O. The van der Waals surface area contributed by atoms with Crippen molar-refractivity contribution in [3.8, 4) is 0 Å². The molecule has 0 fully saturated rings. The second-order valence-corrected chi connectivity index (χ2v) is 5.26. The number of carbonyl (C=O) groups is 1. The Morgan fingerprint density at radius 1 is 1.15 bits per heavy atom. The molecule has 0 radical (unpaired) electrons. The highest BCUT2D eigenvalue weighted by Crippen LogP contribution is 2.21. The Bertz CT molecular complexity index is 764. The van der Waals surface area contributed by atoms with Crippen LogP contribution in [0, 0.1) is 5.82 Å². The molecule has 5 heteroatoms. The summed E-state index contributed by atoms with van der Waals surface area (Å²) in [5.74, 6) is -0.851. The van der Waals surface area contributed by atoms with E-state index in [1.807, 2.05) is 24.3 Å². The molecule has 0 spiro atoms. The number of halogens is 2. The lowest BCUT2D eigenvalue weighted by atomic mass is 10.2. The lowest BCUT2D eigenvalue weighted by Gasteiger charge is -2.05. The van der Waals surface area contributed by atoms with Crippen LogP contribution in [-0.4, -0.2) is 10.9 Å². The Morgan fingerprint density at radius 3 is 2.75 bits per heavy atom. The lowest BCUT2D eigenvalue weighted by molar-refractivity contribution is 0.102. The Kier molecular flexibility index (Phi) is 3.28. The third-order valence-electron chi connectivity index (χ3n) is 2.95. The number of rotatable bonds is 2. The van der Waals surface area contributed by atoms with Gasteiger partial charge in [0.25, 0.3) is 5.91 Å². The number of aromatic nitrogens is 1. The van der Waals surface area contributed by atoms with Crippen molar-refractivity contribution < 1.29 is 9.18 Å². The molecule has 3 nitrogen and oxygen atoms in total. The van der Waals surface area contributed by atoms with Gasteiger partial charge in [-0.1, -0.05) is 34.1 Å². The first-order valence-corrected chi connectivity index (χ1v) is 6.77. The van der Waals surface area contributed by atoms with E-state index in [0.29, 0.717) is 10.2 Å². The fraction of sp³-hybridized carbons (Fsp3) is 0. The quantitative estimate of drug-likeness (QED) is 0.721. The number of H-pyrrole nitrogens is 1. The van der Waals surface area contributed by atoms with Gasteiger partial charge in [-0.2, -0.15) is 0 Å². The van der Waals surface area contributed by atoms with Crippen molar-refractivity contribution in [2.45, 2.75) is 0 Å². The summed E-state index contributed by atoms with van der Waals surface area (Å²) in [5, 5.41) is 3.49. The van der Waals surface area contributed by atoms with E-state index in [1.165, 1.54) is 12.1 Å². The van der Waals surface area contributed by atoms with Gasteiger partial charge in [0.15, 0.2) is 0 Å². The molecule has 1 heterocycles. The molecule has 0 aliphatic rings. The Labute approximate surface area is 122 Å². The number of carbonyl (C=O) groups excluding carboxylic acids is 1. The number of aromatic amines is 1. The SMILES string of the molecule is O=C(Nc1cc(Br)ccc1F)c1cc2ccccc2[nH]1. The van der Waals surface area contributed by atoms with Gasteiger partial charge in [-0.15, -0.1) is 0 Å². The van der Waals surface area contributed by atoms with Crippen molar-refractivity contribution in [2.75, 3.05) is 5.32 Å². The van der Waals surface area contributed by atoms with Gasteiger partial charge in [0, 0.05) is 15.4 Å².